The van der Waals surface area contributed by atoms with Gasteiger partial charge in [-0.3, -0.25) is 14.3 Å². The number of carbonyl (C=O) groups excluding carboxylic acids is 1. The Balaban J connectivity index is 1.74. The zero-order chi connectivity index (χ0) is 19.2. The van der Waals surface area contributed by atoms with Crippen LogP contribution in [0.2, 0.25) is 0 Å². The van der Waals surface area contributed by atoms with Gasteiger partial charge >= 0.3 is 0 Å². The number of amides is 1. The summed E-state index contributed by atoms with van der Waals surface area (Å²) in [5, 5.41) is 9.41. The maximum atomic E-state index is 12.8. The fraction of sp³-hybridized carbons (Fsp3) is 0.579. The summed E-state index contributed by atoms with van der Waals surface area (Å²) in [5.74, 6) is 1.31. The van der Waals surface area contributed by atoms with Gasteiger partial charge < -0.3 is 9.64 Å². The van der Waals surface area contributed by atoms with Gasteiger partial charge in [-0.15, -0.1) is 10.2 Å². The molecule has 0 radical (unpaired) electrons. The van der Waals surface area contributed by atoms with Gasteiger partial charge in [-0.1, -0.05) is 11.8 Å². The molecule has 0 aromatic carbocycles. The summed E-state index contributed by atoms with van der Waals surface area (Å²) >= 11 is 1.45. The van der Waals surface area contributed by atoms with E-state index in [1.807, 2.05) is 21.6 Å². The Morgan fingerprint density at radius 3 is 2.59 bits per heavy atom. The second kappa shape index (κ2) is 9.32. The number of aromatic nitrogens is 4. The average Bonchev–Trinajstić information content (AvgIpc) is 3.08. The average molecular weight is 390 g/mol. The van der Waals surface area contributed by atoms with Crippen LogP contribution in [0.15, 0.2) is 29.7 Å². The first-order chi connectivity index (χ1) is 13.1. The molecule has 1 aliphatic rings. The zero-order valence-electron chi connectivity index (χ0n) is 16.2. The SMILES string of the molecule is COCCn1c(SCC(=O)N2[C@@H](C)CCC[C@@H]2C)nnc1-c1ccncc1. The van der Waals surface area contributed by atoms with Crippen molar-refractivity contribution < 1.29 is 9.53 Å². The minimum Gasteiger partial charge on any atom is -0.383 e. The number of likely N-dealkylation sites (tertiary alicyclic amines) is 1. The van der Waals surface area contributed by atoms with E-state index in [0.29, 0.717) is 31.0 Å². The normalized spacial score (nSPS) is 20.0. The lowest BCUT2D eigenvalue weighted by Crippen LogP contribution is -2.48. The molecule has 0 saturated carbocycles. The van der Waals surface area contributed by atoms with Crippen LogP contribution in [0.25, 0.3) is 11.4 Å². The van der Waals surface area contributed by atoms with Gasteiger partial charge in [-0.05, 0) is 45.2 Å². The number of carbonyl (C=O) groups is 1. The molecule has 2 aromatic rings. The highest BCUT2D eigenvalue weighted by Crippen LogP contribution is 2.27. The van der Waals surface area contributed by atoms with Crippen molar-refractivity contribution in [1.29, 1.82) is 0 Å². The Labute approximate surface area is 164 Å². The van der Waals surface area contributed by atoms with Gasteiger partial charge in [0.15, 0.2) is 11.0 Å². The second-order valence-corrected chi connectivity index (χ2v) is 7.85. The molecule has 1 amide bonds. The summed E-state index contributed by atoms with van der Waals surface area (Å²) in [6.45, 7) is 5.47. The van der Waals surface area contributed by atoms with Crippen LogP contribution in [0.4, 0.5) is 0 Å². The fourth-order valence-corrected chi connectivity index (χ4v) is 4.44. The lowest BCUT2D eigenvalue weighted by molar-refractivity contribution is -0.134. The van der Waals surface area contributed by atoms with Crippen molar-refractivity contribution in [2.24, 2.45) is 0 Å². The van der Waals surface area contributed by atoms with Crippen LogP contribution in [-0.4, -0.2) is 62.1 Å². The first-order valence-corrected chi connectivity index (χ1v) is 10.4. The molecule has 3 heterocycles. The number of rotatable bonds is 7. The van der Waals surface area contributed by atoms with Gasteiger partial charge in [-0.25, -0.2) is 0 Å². The molecule has 8 heteroatoms. The monoisotopic (exact) mass is 389 g/mol. The molecule has 1 saturated heterocycles. The third-order valence-corrected chi connectivity index (χ3v) is 5.93. The molecule has 27 heavy (non-hydrogen) atoms. The lowest BCUT2D eigenvalue weighted by atomic mass is 9.98. The van der Waals surface area contributed by atoms with E-state index in [-0.39, 0.29) is 5.91 Å². The largest absolute Gasteiger partial charge is 0.383 e. The Morgan fingerprint density at radius 1 is 1.22 bits per heavy atom. The molecule has 0 unspecified atom stereocenters. The molecule has 2 aromatic heterocycles. The fourth-order valence-electron chi connectivity index (χ4n) is 3.61. The number of nitrogens with zero attached hydrogens (tertiary/aromatic N) is 5. The molecule has 0 aliphatic carbocycles. The van der Waals surface area contributed by atoms with Crippen LogP contribution in [0, 0.1) is 0 Å². The topological polar surface area (TPSA) is 73.1 Å². The molecule has 0 bridgehead atoms. The summed E-state index contributed by atoms with van der Waals surface area (Å²) in [7, 11) is 1.67. The van der Waals surface area contributed by atoms with Crippen molar-refractivity contribution in [3.63, 3.8) is 0 Å². The molecule has 1 fully saturated rings. The van der Waals surface area contributed by atoms with Crippen molar-refractivity contribution in [1.82, 2.24) is 24.6 Å². The molecule has 0 N–H and O–H groups in total. The number of piperidine rings is 1. The third kappa shape index (κ3) is 4.68. The zero-order valence-corrected chi connectivity index (χ0v) is 17.0. The number of ether oxygens (including phenoxy) is 1. The highest BCUT2D eigenvalue weighted by Gasteiger charge is 2.29. The molecule has 2 atom stereocenters. The summed E-state index contributed by atoms with van der Waals surface area (Å²) in [6.07, 6.45) is 6.83. The Hall–Kier alpha value is -1.93. The maximum absolute atomic E-state index is 12.8. The van der Waals surface area contributed by atoms with E-state index >= 15 is 0 Å². The Kier molecular flexibility index (Phi) is 6.84. The number of hydrogen-bond donors (Lipinski definition) is 0. The van der Waals surface area contributed by atoms with Crippen LogP contribution in [0.3, 0.4) is 0 Å². The minimum atomic E-state index is 0.173. The highest BCUT2D eigenvalue weighted by atomic mass is 32.2. The van der Waals surface area contributed by atoms with Crippen molar-refractivity contribution >= 4 is 17.7 Å². The third-order valence-electron chi connectivity index (χ3n) is 4.98. The minimum absolute atomic E-state index is 0.173. The first kappa shape index (κ1) is 19.8. The van der Waals surface area contributed by atoms with Gasteiger partial charge in [0.1, 0.15) is 0 Å². The molecule has 146 valence electrons. The first-order valence-electron chi connectivity index (χ1n) is 9.38. The molecule has 7 nitrogen and oxygen atoms in total. The maximum Gasteiger partial charge on any atom is 0.233 e. The van der Waals surface area contributed by atoms with E-state index in [9.17, 15) is 4.79 Å². The van der Waals surface area contributed by atoms with Crippen LogP contribution < -0.4 is 0 Å². The Bertz CT molecular complexity index is 742. The number of thioether (sulfide) groups is 1. The van der Waals surface area contributed by atoms with E-state index in [2.05, 4.69) is 29.0 Å². The van der Waals surface area contributed by atoms with Crippen molar-refractivity contribution in [2.75, 3.05) is 19.5 Å². The molecule has 1 aliphatic heterocycles. The van der Waals surface area contributed by atoms with Crippen molar-refractivity contribution in [3.05, 3.63) is 24.5 Å². The Morgan fingerprint density at radius 2 is 1.93 bits per heavy atom. The standard InChI is InChI=1S/C19H27N5O2S/c1-14-5-4-6-15(2)24(14)17(25)13-27-19-22-21-18(23(19)11-12-26-3)16-7-9-20-10-8-16/h7-10,14-15H,4-6,11-13H2,1-3H3/t14-,15-/m0/s1. The van der Waals surface area contributed by atoms with Crippen molar-refractivity contribution in [3.8, 4) is 11.4 Å². The van der Waals surface area contributed by atoms with Crippen LogP contribution in [0.5, 0.6) is 0 Å². The smallest absolute Gasteiger partial charge is 0.233 e. The van der Waals surface area contributed by atoms with Gasteiger partial charge in [-0.2, -0.15) is 0 Å². The predicted molar refractivity (Wildman–Crippen MR) is 105 cm³/mol. The van der Waals surface area contributed by atoms with Crippen LogP contribution in [-0.2, 0) is 16.1 Å². The van der Waals surface area contributed by atoms with E-state index < -0.39 is 0 Å². The van der Waals surface area contributed by atoms with E-state index in [0.717, 1.165) is 29.4 Å². The summed E-state index contributed by atoms with van der Waals surface area (Å²) in [6, 6.07) is 4.43. The number of hydrogen-bond acceptors (Lipinski definition) is 6. The van der Waals surface area contributed by atoms with E-state index in [4.69, 9.17) is 4.74 Å². The van der Waals surface area contributed by atoms with Crippen molar-refractivity contribution in [2.45, 2.75) is 56.9 Å². The van der Waals surface area contributed by atoms with Gasteiger partial charge in [0.2, 0.25) is 5.91 Å². The number of pyridine rings is 1. The van der Waals surface area contributed by atoms with Gasteiger partial charge in [0, 0.05) is 37.2 Å². The summed E-state index contributed by atoms with van der Waals surface area (Å²) < 4.78 is 7.25. The highest BCUT2D eigenvalue weighted by molar-refractivity contribution is 7.99. The van der Waals surface area contributed by atoms with Gasteiger partial charge in [0.05, 0.1) is 18.9 Å². The number of methoxy groups -OCH3 is 1. The molecular formula is C19H27N5O2S. The van der Waals surface area contributed by atoms with E-state index in [1.54, 1.807) is 19.5 Å². The second-order valence-electron chi connectivity index (χ2n) is 6.91. The van der Waals surface area contributed by atoms with Gasteiger partial charge in [0.25, 0.3) is 0 Å². The molecule has 3 rings (SSSR count). The van der Waals surface area contributed by atoms with Crippen LogP contribution >= 0.6 is 11.8 Å². The van der Waals surface area contributed by atoms with E-state index in [1.165, 1.54) is 18.2 Å². The lowest BCUT2D eigenvalue weighted by Gasteiger charge is -2.39. The summed E-state index contributed by atoms with van der Waals surface area (Å²) in [4.78, 5) is 18.9. The molecular weight excluding hydrogens is 362 g/mol. The predicted octanol–water partition coefficient (Wildman–Crippen LogP) is 2.87. The quantitative estimate of drug-likeness (QED) is 0.678. The summed E-state index contributed by atoms with van der Waals surface area (Å²) in [5.41, 5.74) is 0.949. The molecule has 0 spiro atoms. The van der Waals surface area contributed by atoms with Crippen LogP contribution in [0.1, 0.15) is 33.1 Å².